The number of halogens is 1. The van der Waals surface area contributed by atoms with E-state index in [9.17, 15) is 4.79 Å². The van der Waals surface area contributed by atoms with Crippen LogP contribution in [-0.2, 0) is 0 Å². The molecule has 2 rings (SSSR count). The molecule has 0 N–H and O–H groups in total. The smallest absolute Gasteiger partial charge is 0.185 e. The van der Waals surface area contributed by atoms with Crippen molar-refractivity contribution in [3.63, 3.8) is 0 Å². The summed E-state index contributed by atoms with van der Waals surface area (Å²) in [6, 6.07) is 14.3. The number of hydrogen-bond donors (Lipinski definition) is 0. The van der Waals surface area contributed by atoms with Crippen LogP contribution in [0.3, 0.4) is 0 Å². The Morgan fingerprint density at radius 3 is 2.38 bits per heavy atom. The van der Waals surface area contributed by atoms with Crippen LogP contribution in [0, 0.1) is 0 Å². The first-order chi connectivity index (χ1) is 10.2. The minimum atomic E-state index is -0.0568. The highest BCUT2D eigenvalue weighted by Crippen LogP contribution is 2.14. The van der Waals surface area contributed by atoms with Crippen molar-refractivity contribution in [2.24, 2.45) is 0 Å². The average Bonchev–Trinajstić information content (AvgIpc) is 2.52. The van der Waals surface area contributed by atoms with Crippen LogP contribution in [0.1, 0.15) is 15.9 Å². The third kappa shape index (κ3) is 4.62. The zero-order valence-corrected chi connectivity index (χ0v) is 12.2. The van der Waals surface area contributed by atoms with E-state index in [1.54, 1.807) is 42.5 Å². The highest BCUT2D eigenvalue weighted by atomic mass is 35.5. The lowest BCUT2D eigenvalue weighted by Crippen LogP contribution is -1.93. The van der Waals surface area contributed by atoms with Gasteiger partial charge in [-0.1, -0.05) is 42.5 Å². The van der Waals surface area contributed by atoms with Crippen LogP contribution in [0.15, 0.2) is 67.3 Å². The topological polar surface area (TPSA) is 26.3 Å². The van der Waals surface area contributed by atoms with Crippen molar-refractivity contribution in [3.8, 4) is 5.75 Å². The van der Waals surface area contributed by atoms with Crippen molar-refractivity contribution in [3.05, 3.63) is 83.4 Å². The fourth-order valence-corrected chi connectivity index (χ4v) is 1.84. The first-order valence-electron chi connectivity index (χ1n) is 6.51. The Kier molecular flexibility index (Phi) is 5.35. The van der Waals surface area contributed by atoms with E-state index in [2.05, 4.69) is 6.58 Å². The van der Waals surface area contributed by atoms with Gasteiger partial charge in [-0.05, 0) is 48.0 Å². The van der Waals surface area contributed by atoms with Crippen molar-refractivity contribution >= 4 is 23.5 Å². The molecule has 0 amide bonds. The van der Waals surface area contributed by atoms with Crippen molar-refractivity contribution in [2.45, 2.75) is 0 Å². The Balaban J connectivity index is 2.01. The lowest BCUT2D eigenvalue weighted by atomic mass is 10.1. The highest BCUT2D eigenvalue weighted by Gasteiger charge is 2.01. The fourth-order valence-electron chi connectivity index (χ4n) is 1.71. The normalized spacial score (nSPS) is 10.5. The van der Waals surface area contributed by atoms with Crippen molar-refractivity contribution in [1.29, 1.82) is 0 Å². The zero-order chi connectivity index (χ0) is 15.1. The summed E-state index contributed by atoms with van der Waals surface area (Å²) in [6.07, 6.45) is 5.01. The van der Waals surface area contributed by atoms with Gasteiger partial charge in [-0.2, -0.15) is 0 Å². The zero-order valence-electron chi connectivity index (χ0n) is 11.5. The van der Waals surface area contributed by atoms with E-state index in [-0.39, 0.29) is 5.78 Å². The van der Waals surface area contributed by atoms with Gasteiger partial charge in [0.15, 0.2) is 5.78 Å². The lowest BCUT2D eigenvalue weighted by molar-refractivity contribution is 0.104. The first kappa shape index (κ1) is 15.1. The van der Waals surface area contributed by atoms with Crippen molar-refractivity contribution in [2.75, 3.05) is 6.61 Å². The van der Waals surface area contributed by atoms with Crippen molar-refractivity contribution in [1.82, 2.24) is 0 Å². The molecule has 0 aliphatic heterocycles. The van der Waals surface area contributed by atoms with Crippen molar-refractivity contribution < 1.29 is 9.53 Å². The second-order valence-electron chi connectivity index (χ2n) is 4.37. The number of allylic oxidation sites excluding steroid dienone is 1. The van der Waals surface area contributed by atoms with Crippen LogP contribution in [0.2, 0.25) is 5.02 Å². The highest BCUT2D eigenvalue weighted by molar-refractivity contribution is 6.30. The molecule has 0 atom stereocenters. The summed E-state index contributed by atoms with van der Waals surface area (Å²) in [5.74, 6) is 0.717. The Morgan fingerprint density at radius 1 is 1.10 bits per heavy atom. The predicted molar refractivity (Wildman–Crippen MR) is 87.0 cm³/mol. The van der Waals surface area contributed by atoms with E-state index in [1.807, 2.05) is 24.3 Å². The standard InChI is InChI=1S/C18H15ClO2/c1-2-13-21-17-10-3-14(4-11-17)5-12-18(20)15-6-8-16(19)9-7-15/h2-12H,1,13H2. The van der Waals surface area contributed by atoms with Gasteiger partial charge in [0.05, 0.1) is 0 Å². The predicted octanol–water partition coefficient (Wildman–Crippen LogP) is 4.80. The molecular formula is C18H15ClO2. The summed E-state index contributed by atoms with van der Waals surface area (Å²) < 4.78 is 5.39. The number of ketones is 1. The van der Waals surface area contributed by atoms with E-state index in [0.717, 1.165) is 11.3 Å². The maximum absolute atomic E-state index is 12.0. The Labute approximate surface area is 129 Å². The molecule has 0 fully saturated rings. The van der Waals surface area contributed by atoms with Gasteiger partial charge in [0.25, 0.3) is 0 Å². The van der Waals surface area contributed by atoms with E-state index < -0.39 is 0 Å². The van der Waals surface area contributed by atoms with Gasteiger partial charge >= 0.3 is 0 Å². The molecule has 0 saturated carbocycles. The Bertz CT molecular complexity index is 640. The molecule has 0 bridgehead atoms. The van der Waals surface area contributed by atoms with E-state index in [4.69, 9.17) is 16.3 Å². The molecular weight excluding hydrogens is 284 g/mol. The second-order valence-corrected chi connectivity index (χ2v) is 4.81. The molecule has 0 heterocycles. The second kappa shape index (κ2) is 7.46. The molecule has 2 nitrogen and oxygen atoms in total. The molecule has 2 aromatic carbocycles. The van der Waals surface area contributed by atoms with Gasteiger partial charge in [0.2, 0.25) is 0 Å². The van der Waals surface area contributed by atoms with Crippen LogP contribution in [-0.4, -0.2) is 12.4 Å². The number of hydrogen-bond acceptors (Lipinski definition) is 2. The van der Waals surface area contributed by atoms with Gasteiger partial charge in [-0.25, -0.2) is 0 Å². The molecule has 106 valence electrons. The average molecular weight is 299 g/mol. The molecule has 0 unspecified atom stereocenters. The monoisotopic (exact) mass is 298 g/mol. The molecule has 0 saturated heterocycles. The summed E-state index contributed by atoms with van der Waals surface area (Å²) in [5.41, 5.74) is 1.55. The summed E-state index contributed by atoms with van der Waals surface area (Å²) >= 11 is 5.79. The number of ether oxygens (including phenoxy) is 1. The molecule has 0 spiro atoms. The largest absolute Gasteiger partial charge is 0.490 e. The summed E-state index contributed by atoms with van der Waals surface area (Å²) in [4.78, 5) is 12.0. The maximum atomic E-state index is 12.0. The van der Waals surface area contributed by atoms with Gasteiger partial charge in [0, 0.05) is 10.6 Å². The number of benzene rings is 2. The van der Waals surface area contributed by atoms with Crippen LogP contribution < -0.4 is 4.74 Å². The Morgan fingerprint density at radius 2 is 1.76 bits per heavy atom. The van der Waals surface area contributed by atoms with Gasteiger partial charge in [0.1, 0.15) is 12.4 Å². The van der Waals surface area contributed by atoms with Gasteiger partial charge < -0.3 is 4.74 Å². The third-order valence-electron chi connectivity index (χ3n) is 2.80. The lowest BCUT2D eigenvalue weighted by Gasteiger charge is -2.02. The van der Waals surface area contributed by atoms with Crippen LogP contribution in [0.4, 0.5) is 0 Å². The van der Waals surface area contributed by atoms with E-state index in [0.29, 0.717) is 17.2 Å². The molecule has 3 heteroatoms. The number of rotatable bonds is 6. The molecule has 21 heavy (non-hydrogen) atoms. The minimum Gasteiger partial charge on any atom is -0.490 e. The molecule has 0 radical (unpaired) electrons. The minimum absolute atomic E-state index is 0.0568. The summed E-state index contributed by atoms with van der Waals surface area (Å²) in [7, 11) is 0. The van der Waals surface area contributed by atoms with Crippen LogP contribution in [0.5, 0.6) is 5.75 Å². The SMILES string of the molecule is C=CCOc1ccc(C=CC(=O)c2ccc(Cl)cc2)cc1. The van der Waals surface area contributed by atoms with E-state index in [1.165, 1.54) is 0 Å². The fraction of sp³-hybridized carbons (Fsp3) is 0.0556. The van der Waals surface area contributed by atoms with Crippen LogP contribution >= 0.6 is 11.6 Å². The van der Waals surface area contributed by atoms with E-state index >= 15 is 0 Å². The summed E-state index contributed by atoms with van der Waals surface area (Å²) in [5, 5.41) is 0.616. The number of carbonyl (C=O) groups is 1. The molecule has 0 aliphatic carbocycles. The number of carbonyl (C=O) groups excluding carboxylic acids is 1. The summed E-state index contributed by atoms with van der Waals surface area (Å²) in [6.45, 7) is 4.07. The van der Waals surface area contributed by atoms with Gasteiger partial charge in [-0.3, -0.25) is 4.79 Å². The van der Waals surface area contributed by atoms with Gasteiger partial charge in [-0.15, -0.1) is 0 Å². The third-order valence-corrected chi connectivity index (χ3v) is 3.06. The molecule has 0 aromatic heterocycles. The maximum Gasteiger partial charge on any atom is 0.185 e. The molecule has 0 aliphatic rings. The molecule has 2 aromatic rings. The quantitative estimate of drug-likeness (QED) is 0.435. The Hall–Kier alpha value is -2.32. The van der Waals surface area contributed by atoms with Crippen LogP contribution in [0.25, 0.3) is 6.08 Å². The first-order valence-corrected chi connectivity index (χ1v) is 6.88.